The summed E-state index contributed by atoms with van der Waals surface area (Å²) in [6.45, 7) is 2.91. The van der Waals surface area contributed by atoms with E-state index in [9.17, 15) is 13.2 Å². The van der Waals surface area contributed by atoms with Crippen LogP contribution in [0.1, 0.15) is 36.1 Å². The Morgan fingerprint density at radius 3 is 2.76 bits per heavy atom. The molecule has 2 aromatic rings. The van der Waals surface area contributed by atoms with Crippen molar-refractivity contribution in [1.29, 1.82) is 0 Å². The van der Waals surface area contributed by atoms with E-state index in [0.717, 1.165) is 56.2 Å². The van der Waals surface area contributed by atoms with Crippen molar-refractivity contribution in [2.45, 2.75) is 38.4 Å². The number of hydrogen-bond acceptors (Lipinski definition) is 2. The van der Waals surface area contributed by atoms with Crippen molar-refractivity contribution in [2.24, 2.45) is 5.92 Å². The maximum absolute atomic E-state index is 12.8. The molecule has 1 aromatic heterocycles. The summed E-state index contributed by atoms with van der Waals surface area (Å²) in [6, 6.07) is 11.7. The summed E-state index contributed by atoms with van der Waals surface area (Å²) in [7, 11) is 0. The molecule has 5 heteroatoms. The molecule has 0 bridgehead atoms. The predicted molar refractivity (Wildman–Crippen MR) is 92.0 cm³/mol. The lowest BCUT2D eigenvalue weighted by Gasteiger charge is -2.32. The highest BCUT2D eigenvalue weighted by Crippen LogP contribution is 2.30. The third kappa shape index (κ3) is 5.30. The molecule has 0 aliphatic carbocycles. The molecule has 3 rings (SSSR count). The van der Waals surface area contributed by atoms with Crippen LogP contribution >= 0.6 is 0 Å². The Morgan fingerprint density at radius 1 is 1.12 bits per heavy atom. The fourth-order valence-corrected chi connectivity index (χ4v) is 3.53. The second kappa shape index (κ2) is 8.00. The molecule has 1 aromatic carbocycles. The molecule has 134 valence electrons. The van der Waals surface area contributed by atoms with Crippen LogP contribution < -0.4 is 0 Å². The van der Waals surface area contributed by atoms with E-state index in [1.54, 1.807) is 6.07 Å². The zero-order valence-corrected chi connectivity index (χ0v) is 14.2. The smallest absolute Gasteiger partial charge is 0.297 e. The van der Waals surface area contributed by atoms with Crippen LogP contribution in [0.25, 0.3) is 0 Å². The number of pyridine rings is 1. The maximum Gasteiger partial charge on any atom is 0.416 e. The van der Waals surface area contributed by atoms with Crippen molar-refractivity contribution in [2.75, 3.05) is 13.1 Å². The molecule has 0 radical (unpaired) electrons. The molecular weight excluding hydrogens is 325 g/mol. The third-order valence-electron chi connectivity index (χ3n) is 4.81. The number of nitrogens with zero attached hydrogens (tertiary/aromatic N) is 2. The number of piperidine rings is 1. The molecule has 0 spiro atoms. The van der Waals surface area contributed by atoms with Gasteiger partial charge in [0.1, 0.15) is 0 Å². The van der Waals surface area contributed by atoms with Crippen LogP contribution in [0, 0.1) is 5.92 Å². The molecule has 1 aliphatic rings. The zero-order chi connectivity index (χ0) is 17.7. The van der Waals surface area contributed by atoms with E-state index in [0.29, 0.717) is 12.3 Å². The van der Waals surface area contributed by atoms with Gasteiger partial charge in [0.05, 0.1) is 11.3 Å². The number of rotatable bonds is 5. The summed E-state index contributed by atoms with van der Waals surface area (Å²) in [5.41, 5.74) is 1.29. The Hall–Kier alpha value is -1.88. The molecule has 1 atom stereocenters. The van der Waals surface area contributed by atoms with E-state index in [2.05, 4.69) is 9.88 Å². The van der Waals surface area contributed by atoms with Crippen LogP contribution in [0.4, 0.5) is 13.2 Å². The van der Waals surface area contributed by atoms with E-state index < -0.39 is 11.7 Å². The van der Waals surface area contributed by atoms with Gasteiger partial charge in [0.25, 0.3) is 0 Å². The van der Waals surface area contributed by atoms with E-state index in [-0.39, 0.29) is 0 Å². The van der Waals surface area contributed by atoms with Gasteiger partial charge in [-0.05, 0) is 61.9 Å². The van der Waals surface area contributed by atoms with Crippen LogP contribution in [0.3, 0.4) is 0 Å². The van der Waals surface area contributed by atoms with Gasteiger partial charge in [0.15, 0.2) is 0 Å². The Morgan fingerprint density at radius 2 is 2.00 bits per heavy atom. The average molecular weight is 348 g/mol. The number of benzene rings is 1. The minimum atomic E-state index is -4.26. The van der Waals surface area contributed by atoms with Gasteiger partial charge in [0.2, 0.25) is 0 Å². The Balaban J connectivity index is 1.53. The van der Waals surface area contributed by atoms with Gasteiger partial charge in [-0.1, -0.05) is 24.3 Å². The van der Waals surface area contributed by atoms with Crippen LogP contribution in [-0.2, 0) is 19.1 Å². The highest BCUT2D eigenvalue weighted by atomic mass is 19.4. The molecule has 0 amide bonds. The standard InChI is InChI=1S/C20H23F3N2/c21-20(22,23)18-7-3-5-16(13-18)9-10-17-6-4-12-25(14-17)15-19-8-1-2-11-24-19/h1-3,5,7-8,11,13,17H,4,6,9-10,12,14-15H2/t17-/m0/s1. The van der Waals surface area contributed by atoms with Crippen LogP contribution in [0.2, 0.25) is 0 Å². The van der Waals surface area contributed by atoms with E-state index in [1.165, 1.54) is 12.1 Å². The van der Waals surface area contributed by atoms with Crippen LogP contribution in [0.15, 0.2) is 48.7 Å². The van der Waals surface area contributed by atoms with E-state index >= 15 is 0 Å². The van der Waals surface area contributed by atoms with Gasteiger partial charge in [-0.2, -0.15) is 13.2 Å². The highest BCUT2D eigenvalue weighted by molar-refractivity contribution is 5.25. The largest absolute Gasteiger partial charge is 0.416 e. The normalized spacial score (nSPS) is 19.1. The molecule has 2 heterocycles. The lowest BCUT2D eigenvalue weighted by molar-refractivity contribution is -0.137. The molecular formula is C20H23F3N2. The third-order valence-corrected chi connectivity index (χ3v) is 4.81. The second-order valence-electron chi connectivity index (χ2n) is 6.80. The van der Waals surface area contributed by atoms with Gasteiger partial charge in [-0.15, -0.1) is 0 Å². The summed E-state index contributed by atoms with van der Waals surface area (Å²) in [6.07, 6.45) is 1.47. The fraction of sp³-hybridized carbons (Fsp3) is 0.450. The van der Waals surface area contributed by atoms with Gasteiger partial charge in [-0.3, -0.25) is 9.88 Å². The lowest BCUT2D eigenvalue weighted by Crippen LogP contribution is -2.35. The Kier molecular flexibility index (Phi) is 5.74. The van der Waals surface area contributed by atoms with E-state index in [4.69, 9.17) is 0 Å². The SMILES string of the molecule is FC(F)(F)c1cccc(CC[C@@H]2CCCN(Cc3ccccn3)C2)c1. The number of hydrogen-bond donors (Lipinski definition) is 0. The highest BCUT2D eigenvalue weighted by Gasteiger charge is 2.30. The Bertz CT molecular complexity index is 670. The van der Waals surface area contributed by atoms with E-state index in [1.807, 2.05) is 24.4 Å². The average Bonchev–Trinajstić information content (AvgIpc) is 2.61. The molecule has 1 fully saturated rings. The van der Waals surface area contributed by atoms with Crippen molar-refractivity contribution >= 4 is 0 Å². The number of alkyl halides is 3. The number of aromatic nitrogens is 1. The van der Waals surface area contributed by atoms with Crippen molar-refractivity contribution in [3.63, 3.8) is 0 Å². The van der Waals surface area contributed by atoms with Crippen molar-refractivity contribution < 1.29 is 13.2 Å². The monoisotopic (exact) mass is 348 g/mol. The first-order valence-corrected chi connectivity index (χ1v) is 8.79. The molecule has 2 nitrogen and oxygen atoms in total. The molecule has 1 aliphatic heterocycles. The minimum Gasteiger partial charge on any atom is -0.297 e. The maximum atomic E-state index is 12.8. The summed E-state index contributed by atoms with van der Waals surface area (Å²) < 4.78 is 38.4. The van der Waals surface area contributed by atoms with Crippen LogP contribution in [0.5, 0.6) is 0 Å². The minimum absolute atomic E-state index is 0.534. The first-order valence-electron chi connectivity index (χ1n) is 8.79. The molecule has 0 unspecified atom stereocenters. The number of aryl methyl sites for hydroxylation is 1. The topological polar surface area (TPSA) is 16.1 Å². The quantitative estimate of drug-likeness (QED) is 0.760. The lowest BCUT2D eigenvalue weighted by atomic mass is 9.91. The first kappa shape index (κ1) is 17.9. The summed E-state index contributed by atoms with van der Waals surface area (Å²) in [4.78, 5) is 6.78. The van der Waals surface area contributed by atoms with Crippen LogP contribution in [-0.4, -0.2) is 23.0 Å². The molecule has 1 saturated heterocycles. The number of halogens is 3. The zero-order valence-electron chi connectivity index (χ0n) is 14.2. The Labute approximate surface area is 146 Å². The second-order valence-corrected chi connectivity index (χ2v) is 6.80. The van der Waals surface area contributed by atoms with Crippen molar-refractivity contribution in [3.05, 3.63) is 65.5 Å². The summed E-state index contributed by atoms with van der Waals surface area (Å²) in [5, 5.41) is 0. The predicted octanol–water partition coefficient (Wildman–Crippen LogP) is 4.95. The first-order chi connectivity index (χ1) is 12.0. The van der Waals surface area contributed by atoms with Gasteiger partial charge in [-0.25, -0.2) is 0 Å². The molecule has 0 N–H and O–H groups in total. The van der Waals surface area contributed by atoms with Gasteiger partial charge >= 0.3 is 6.18 Å². The summed E-state index contributed by atoms with van der Waals surface area (Å²) in [5.74, 6) is 0.534. The number of likely N-dealkylation sites (tertiary alicyclic amines) is 1. The van der Waals surface area contributed by atoms with Crippen molar-refractivity contribution in [1.82, 2.24) is 9.88 Å². The van der Waals surface area contributed by atoms with Gasteiger partial charge < -0.3 is 0 Å². The summed E-state index contributed by atoms with van der Waals surface area (Å²) >= 11 is 0. The fourth-order valence-electron chi connectivity index (χ4n) is 3.53. The van der Waals surface area contributed by atoms with Crippen molar-refractivity contribution in [3.8, 4) is 0 Å². The van der Waals surface area contributed by atoms with Gasteiger partial charge in [0, 0.05) is 19.3 Å². The molecule has 25 heavy (non-hydrogen) atoms. The molecule has 0 saturated carbocycles.